The number of carbonyl (C=O) groups excluding carboxylic acids is 1. The summed E-state index contributed by atoms with van der Waals surface area (Å²) < 4.78 is 0. The molecule has 1 aliphatic carbocycles. The van der Waals surface area contributed by atoms with Crippen LogP contribution in [0.5, 0.6) is 0 Å². The van der Waals surface area contributed by atoms with Crippen molar-refractivity contribution in [3.8, 4) is 0 Å². The SMILES string of the molecule is CC(=O)N1C(C(=O)O)CCC12CC2. The minimum Gasteiger partial charge on any atom is -0.480 e. The van der Waals surface area contributed by atoms with Crippen molar-refractivity contribution in [1.29, 1.82) is 0 Å². The van der Waals surface area contributed by atoms with Gasteiger partial charge in [0.15, 0.2) is 0 Å². The maximum Gasteiger partial charge on any atom is 0.326 e. The zero-order chi connectivity index (χ0) is 9.64. The van der Waals surface area contributed by atoms with E-state index in [-0.39, 0.29) is 11.4 Å². The van der Waals surface area contributed by atoms with Crippen molar-refractivity contribution in [2.45, 2.75) is 44.2 Å². The van der Waals surface area contributed by atoms with Gasteiger partial charge in [0.25, 0.3) is 0 Å². The summed E-state index contributed by atoms with van der Waals surface area (Å²) in [6, 6.07) is -0.569. The maximum atomic E-state index is 11.3. The van der Waals surface area contributed by atoms with Crippen LogP contribution in [0.1, 0.15) is 32.6 Å². The molecule has 1 saturated carbocycles. The summed E-state index contributed by atoms with van der Waals surface area (Å²) in [6.45, 7) is 1.46. The topological polar surface area (TPSA) is 57.6 Å². The van der Waals surface area contributed by atoms with Gasteiger partial charge in [0.2, 0.25) is 5.91 Å². The lowest BCUT2D eigenvalue weighted by Gasteiger charge is -2.26. The third-order valence-electron chi connectivity index (χ3n) is 3.16. The van der Waals surface area contributed by atoms with E-state index in [4.69, 9.17) is 5.11 Å². The Hall–Kier alpha value is -1.06. The van der Waals surface area contributed by atoms with Gasteiger partial charge in [-0.3, -0.25) is 4.79 Å². The number of nitrogens with zero attached hydrogens (tertiary/aromatic N) is 1. The zero-order valence-corrected chi connectivity index (χ0v) is 7.62. The molecule has 13 heavy (non-hydrogen) atoms. The van der Waals surface area contributed by atoms with E-state index >= 15 is 0 Å². The van der Waals surface area contributed by atoms with E-state index in [1.54, 1.807) is 4.90 Å². The molecule has 1 unspecified atom stereocenters. The van der Waals surface area contributed by atoms with Crippen molar-refractivity contribution >= 4 is 11.9 Å². The van der Waals surface area contributed by atoms with E-state index in [1.165, 1.54) is 6.92 Å². The van der Waals surface area contributed by atoms with Crippen molar-refractivity contribution in [3.63, 3.8) is 0 Å². The number of carboxylic acid groups (broad SMARTS) is 1. The summed E-state index contributed by atoms with van der Waals surface area (Å²) in [7, 11) is 0. The van der Waals surface area contributed by atoms with Gasteiger partial charge < -0.3 is 10.0 Å². The highest BCUT2D eigenvalue weighted by Crippen LogP contribution is 2.51. The lowest BCUT2D eigenvalue weighted by molar-refractivity contribution is -0.149. The standard InChI is InChI=1S/C9H13NO3/c1-6(11)10-7(8(12)13)2-3-9(10)4-5-9/h7H,2-5H2,1H3,(H,12,13). The van der Waals surface area contributed by atoms with Gasteiger partial charge in [0.05, 0.1) is 0 Å². The van der Waals surface area contributed by atoms with Crippen LogP contribution in [0.2, 0.25) is 0 Å². The Balaban J connectivity index is 2.23. The first kappa shape index (κ1) is 8.53. The average molecular weight is 183 g/mol. The van der Waals surface area contributed by atoms with E-state index in [0.717, 1.165) is 19.3 Å². The van der Waals surface area contributed by atoms with Gasteiger partial charge in [-0.15, -0.1) is 0 Å². The highest BCUT2D eigenvalue weighted by Gasteiger charge is 2.57. The summed E-state index contributed by atoms with van der Waals surface area (Å²) in [5.41, 5.74) is -0.0606. The van der Waals surface area contributed by atoms with Crippen LogP contribution in [-0.2, 0) is 9.59 Å². The Labute approximate surface area is 76.5 Å². The minimum atomic E-state index is -0.862. The molecular formula is C9H13NO3. The number of aliphatic carboxylic acids is 1. The molecule has 1 atom stereocenters. The fourth-order valence-electron chi connectivity index (χ4n) is 2.41. The molecular weight excluding hydrogens is 170 g/mol. The summed E-state index contributed by atoms with van der Waals surface area (Å²) in [5, 5.41) is 8.90. The van der Waals surface area contributed by atoms with Crippen molar-refractivity contribution in [3.05, 3.63) is 0 Å². The van der Waals surface area contributed by atoms with Crippen LogP contribution >= 0.6 is 0 Å². The maximum absolute atomic E-state index is 11.3. The Morgan fingerprint density at radius 2 is 2.00 bits per heavy atom. The summed E-state index contributed by atoms with van der Waals surface area (Å²) in [5.74, 6) is -0.957. The first-order valence-electron chi connectivity index (χ1n) is 4.59. The van der Waals surface area contributed by atoms with Crippen molar-refractivity contribution in [1.82, 2.24) is 4.90 Å². The molecule has 0 aromatic rings. The van der Waals surface area contributed by atoms with Gasteiger partial charge >= 0.3 is 5.97 Å². The molecule has 4 heteroatoms. The number of hydrogen-bond acceptors (Lipinski definition) is 2. The molecule has 1 saturated heterocycles. The number of carbonyl (C=O) groups is 2. The van der Waals surface area contributed by atoms with Gasteiger partial charge in [-0.1, -0.05) is 0 Å². The summed E-state index contributed by atoms with van der Waals surface area (Å²) >= 11 is 0. The number of hydrogen-bond donors (Lipinski definition) is 1. The van der Waals surface area contributed by atoms with Gasteiger partial charge in [-0.05, 0) is 25.7 Å². The molecule has 0 bridgehead atoms. The van der Waals surface area contributed by atoms with Crippen LogP contribution < -0.4 is 0 Å². The van der Waals surface area contributed by atoms with E-state index in [0.29, 0.717) is 6.42 Å². The number of amides is 1. The van der Waals surface area contributed by atoms with Crippen molar-refractivity contribution in [2.75, 3.05) is 0 Å². The van der Waals surface area contributed by atoms with Crippen molar-refractivity contribution < 1.29 is 14.7 Å². The van der Waals surface area contributed by atoms with Crippen LogP contribution in [0.4, 0.5) is 0 Å². The fraction of sp³-hybridized carbons (Fsp3) is 0.778. The Bertz CT molecular complexity index is 270. The molecule has 2 aliphatic rings. The third kappa shape index (κ3) is 1.12. The molecule has 1 amide bonds. The van der Waals surface area contributed by atoms with Crippen LogP contribution in [0.25, 0.3) is 0 Å². The van der Waals surface area contributed by atoms with Gasteiger partial charge in [-0.25, -0.2) is 4.79 Å². The first-order valence-corrected chi connectivity index (χ1v) is 4.59. The molecule has 72 valence electrons. The second kappa shape index (κ2) is 2.47. The average Bonchev–Trinajstić information content (AvgIpc) is 2.61. The first-order chi connectivity index (χ1) is 6.07. The highest BCUT2D eigenvalue weighted by atomic mass is 16.4. The zero-order valence-electron chi connectivity index (χ0n) is 7.62. The predicted molar refractivity (Wildman–Crippen MR) is 45.1 cm³/mol. The van der Waals surface area contributed by atoms with Crippen LogP contribution in [0.3, 0.4) is 0 Å². The molecule has 1 N–H and O–H groups in total. The quantitative estimate of drug-likeness (QED) is 0.648. The predicted octanol–water partition coefficient (Wildman–Crippen LogP) is 0.614. The lowest BCUT2D eigenvalue weighted by Crippen LogP contribution is -2.44. The monoisotopic (exact) mass is 183 g/mol. The Morgan fingerprint density at radius 1 is 1.38 bits per heavy atom. The van der Waals surface area contributed by atoms with Crippen molar-refractivity contribution in [2.24, 2.45) is 0 Å². The van der Waals surface area contributed by atoms with Crippen LogP contribution in [-0.4, -0.2) is 33.5 Å². The second-order valence-electron chi connectivity index (χ2n) is 4.01. The fourth-order valence-corrected chi connectivity index (χ4v) is 2.41. The van der Waals surface area contributed by atoms with E-state index < -0.39 is 12.0 Å². The normalized spacial score (nSPS) is 29.3. The van der Waals surface area contributed by atoms with E-state index in [9.17, 15) is 9.59 Å². The molecule has 0 radical (unpaired) electrons. The van der Waals surface area contributed by atoms with E-state index in [2.05, 4.69) is 0 Å². The van der Waals surface area contributed by atoms with Crippen LogP contribution in [0.15, 0.2) is 0 Å². The molecule has 2 fully saturated rings. The number of rotatable bonds is 1. The number of likely N-dealkylation sites (tertiary alicyclic amines) is 1. The van der Waals surface area contributed by atoms with Gasteiger partial charge in [0, 0.05) is 12.5 Å². The highest BCUT2D eigenvalue weighted by molar-refractivity contribution is 5.84. The molecule has 4 nitrogen and oxygen atoms in total. The minimum absolute atomic E-state index is 0.0606. The number of carboxylic acids is 1. The van der Waals surface area contributed by atoms with Crippen LogP contribution in [0, 0.1) is 0 Å². The van der Waals surface area contributed by atoms with E-state index in [1.807, 2.05) is 0 Å². The molecule has 0 aromatic heterocycles. The largest absolute Gasteiger partial charge is 0.480 e. The molecule has 1 heterocycles. The Kier molecular flexibility index (Phi) is 1.62. The third-order valence-corrected chi connectivity index (χ3v) is 3.16. The van der Waals surface area contributed by atoms with Gasteiger partial charge in [-0.2, -0.15) is 0 Å². The molecule has 1 aliphatic heterocycles. The van der Waals surface area contributed by atoms with Gasteiger partial charge in [0.1, 0.15) is 6.04 Å². The molecule has 2 rings (SSSR count). The molecule has 0 aromatic carbocycles. The Morgan fingerprint density at radius 3 is 2.38 bits per heavy atom. The summed E-state index contributed by atoms with van der Waals surface area (Å²) in [6.07, 6.45) is 3.45. The molecule has 1 spiro atoms. The smallest absolute Gasteiger partial charge is 0.326 e. The lowest BCUT2D eigenvalue weighted by atomic mass is 10.2. The summed E-state index contributed by atoms with van der Waals surface area (Å²) in [4.78, 5) is 23.7. The second-order valence-corrected chi connectivity index (χ2v) is 4.01.